The van der Waals surface area contributed by atoms with E-state index >= 15 is 0 Å². The minimum Gasteiger partial charge on any atom is -0.469 e. The Morgan fingerprint density at radius 1 is 1.24 bits per heavy atom. The van der Waals surface area contributed by atoms with Crippen LogP contribution in [0.15, 0.2) is 47.3 Å². The van der Waals surface area contributed by atoms with Crippen molar-refractivity contribution in [3.05, 3.63) is 54.2 Å². The predicted molar refractivity (Wildman–Crippen MR) is 80.6 cm³/mol. The Balaban J connectivity index is 1.47. The van der Waals surface area contributed by atoms with E-state index in [2.05, 4.69) is 15.6 Å². The highest BCUT2D eigenvalue weighted by Gasteiger charge is 2.03. The van der Waals surface area contributed by atoms with Crippen molar-refractivity contribution in [1.29, 1.82) is 0 Å². The van der Waals surface area contributed by atoms with Crippen molar-refractivity contribution in [2.24, 2.45) is 0 Å². The fourth-order valence-corrected chi connectivity index (χ4v) is 1.96. The lowest BCUT2D eigenvalue weighted by atomic mass is 10.2. The van der Waals surface area contributed by atoms with Gasteiger partial charge in [-0.05, 0) is 36.7 Å². The van der Waals surface area contributed by atoms with E-state index in [4.69, 9.17) is 4.42 Å². The Bertz CT molecular complexity index is 512. The summed E-state index contributed by atoms with van der Waals surface area (Å²) in [5, 5.41) is 6.23. The van der Waals surface area contributed by atoms with Crippen molar-refractivity contribution in [2.45, 2.75) is 25.8 Å². The molecule has 0 fully saturated rings. The van der Waals surface area contributed by atoms with E-state index in [1.54, 1.807) is 12.5 Å². The molecule has 0 saturated carbocycles. The Hall–Kier alpha value is -2.14. The molecule has 0 aliphatic rings. The molecule has 2 rings (SSSR count). The summed E-state index contributed by atoms with van der Waals surface area (Å²) >= 11 is 0. The summed E-state index contributed by atoms with van der Waals surface area (Å²) < 4.78 is 5.19. The number of carbonyl (C=O) groups is 1. The number of hydrogen-bond donors (Lipinski definition) is 2. The highest BCUT2D eigenvalue weighted by molar-refractivity contribution is 5.75. The van der Waals surface area contributed by atoms with E-state index in [0.29, 0.717) is 19.4 Å². The molecule has 0 aliphatic heterocycles. The van der Waals surface area contributed by atoms with Crippen molar-refractivity contribution in [3.8, 4) is 0 Å². The van der Waals surface area contributed by atoms with E-state index in [-0.39, 0.29) is 5.91 Å². The smallest absolute Gasteiger partial charge is 0.220 e. The van der Waals surface area contributed by atoms with Crippen LogP contribution in [0.1, 0.15) is 24.2 Å². The van der Waals surface area contributed by atoms with Crippen LogP contribution in [0.2, 0.25) is 0 Å². The predicted octanol–water partition coefficient (Wildman–Crippen LogP) is 1.90. The number of nitrogens with zero attached hydrogens (tertiary/aromatic N) is 1. The topological polar surface area (TPSA) is 67.2 Å². The van der Waals surface area contributed by atoms with Crippen LogP contribution in [0.5, 0.6) is 0 Å². The number of amides is 1. The third-order valence-electron chi connectivity index (χ3n) is 3.08. The lowest BCUT2D eigenvalue weighted by molar-refractivity contribution is -0.121. The molecule has 0 unspecified atom stereocenters. The molecular weight excluding hydrogens is 266 g/mol. The first kappa shape index (κ1) is 15.3. The van der Waals surface area contributed by atoms with Gasteiger partial charge in [-0.3, -0.25) is 9.78 Å². The van der Waals surface area contributed by atoms with Gasteiger partial charge in [0, 0.05) is 38.3 Å². The number of carbonyl (C=O) groups excluding carboxylic acids is 1. The van der Waals surface area contributed by atoms with E-state index < -0.39 is 0 Å². The van der Waals surface area contributed by atoms with Crippen LogP contribution in [0.3, 0.4) is 0 Å². The van der Waals surface area contributed by atoms with Crippen LogP contribution >= 0.6 is 0 Å². The first-order valence-corrected chi connectivity index (χ1v) is 7.23. The highest BCUT2D eigenvalue weighted by atomic mass is 16.3. The molecular formula is C16H21N3O2. The maximum Gasteiger partial charge on any atom is 0.220 e. The number of furan rings is 1. The fourth-order valence-electron chi connectivity index (χ4n) is 1.96. The summed E-state index contributed by atoms with van der Waals surface area (Å²) in [4.78, 5) is 15.7. The molecule has 0 spiro atoms. The molecule has 5 heteroatoms. The van der Waals surface area contributed by atoms with Crippen LogP contribution in [-0.2, 0) is 17.8 Å². The van der Waals surface area contributed by atoms with Gasteiger partial charge in [-0.25, -0.2) is 0 Å². The lowest BCUT2D eigenvalue weighted by Gasteiger charge is -2.06. The van der Waals surface area contributed by atoms with Gasteiger partial charge in [0.2, 0.25) is 5.91 Å². The standard InChI is InChI=1S/C16H21N3O2/c20-16(7-6-15-5-2-11-21-15)19-10-3-9-18-13-14-4-1-8-17-12-14/h1-2,4-5,8,11-12,18H,3,6-7,9-10,13H2,(H,19,20). The van der Waals surface area contributed by atoms with E-state index in [9.17, 15) is 4.79 Å². The number of pyridine rings is 1. The second-order valence-electron chi connectivity index (χ2n) is 4.82. The molecule has 2 aromatic rings. The van der Waals surface area contributed by atoms with E-state index in [1.807, 2.05) is 30.5 Å². The van der Waals surface area contributed by atoms with Crippen LogP contribution in [-0.4, -0.2) is 24.0 Å². The molecule has 2 aromatic heterocycles. The zero-order chi connectivity index (χ0) is 14.8. The van der Waals surface area contributed by atoms with Gasteiger partial charge in [0.1, 0.15) is 5.76 Å². The second-order valence-corrected chi connectivity index (χ2v) is 4.82. The molecule has 2 N–H and O–H groups in total. The summed E-state index contributed by atoms with van der Waals surface area (Å²) in [5.41, 5.74) is 1.17. The van der Waals surface area contributed by atoms with Crippen molar-refractivity contribution >= 4 is 5.91 Å². The quantitative estimate of drug-likeness (QED) is 0.691. The van der Waals surface area contributed by atoms with E-state index in [1.165, 1.54) is 5.56 Å². The fraction of sp³-hybridized carbons (Fsp3) is 0.375. The van der Waals surface area contributed by atoms with Crippen LogP contribution in [0, 0.1) is 0 Å². The van der Waals surface area contributed by atoms with Gasteiger partial charge in [-0.15, -0.1) is 0 Å². The number of hydrogen-bond acceptors (Lipinski definition) is 4. The molecule has 2 heterocycles. The molecule has 0 aliphatic carbocycles. The Morgan fingerprint density at radius 3 is 2.95 bits per heavy atom. The molecule has 0 atom stereocenters. The molecule has 1 amide bonds. The van der Waals surface area contributed by atoms with Gasteiger partial charge in [0.25, 0.3) is 0 Å². The SMILES string of the molecule is O=C(CCc1ccco1)NCCCNCc1cccnc1. The minimum absolute atomic E-state index is 0.0682. The van der Waals surface area contributed by atoms with Crippen LogP contribution in [0.25, 0.3) is 0 Å². The molecule has 21 heavy (non-hydrogen) atoms. The molecule has 0 bridgehead atoms. The largest absolute Gasteiger partial charge is 0.469 e. The molecule has 112 valence electrons. The second kappa shape index (κ2) is 8.92. The van der Waals surface area contributed by atoms with Gasteiger partial charge >= 0.3 is 0 Å². The van der Waals surface area contributed by atoms with Gasteiger partial charge < -0.3 is 15.1 Å². The van der Waals surface area contributed by atoms with Crippen molar-refractivity contribution in [2.75, 3.05) is 13.1 Å². The Morgan fingerprint density at radius 2 is 2.19 bits per heavy atom. The van der Waals surface area contributed by atoms with Crippen molar-refractivity contribution in [1.82, 2.24) is 15.6 Å². The van der Waals surface area contributed by atoms with Crippen molar-refractivity contribution < 1.29 is 9.21 Å². The third kappa shape index (κ3) is 6.23. The van der Waals surface area contributed by atoms with Crippen LogP contribution in [0.4, 0.5) is 0 Å². The van der Waals surface area contributed by atoms with Gasteiger partial charge in [-0.1, -0.05) is 6.07 Å². The number of aromatic nitrogens is 1. The van der Waals surface area contributed by atoms with Crippen molar-refractivity contribution in [3.63, 3.8) is 0 Å². The zero-order valence-electron chi connectivity index (χ0n) is 12.0. The maximum absolute atomic E-state index is 11.6. The number of nitrogens with one attached hydrogen (secondary N) is 2. The van der Waals surface area contributed by atoms with Gasteiger partial charge in [-0.2, -0.15) is 0 Å². The average molecular weight is 287 g/mol. The summed E-state index contributed by atoms with van der Waals surface area (Å²) in [6, 6.07) is 7.68. The van der Waals surface area contributed by atoms with E-state index in [0.717, 1.165) is 25.3 Å². The van der Waals surface area contributed by atoms with Gasteiger partial charge in [0.05, 0.1) is 6.26 Å². The Labute approximate surface area is 124 Å². The molecule has 0 saturated heterocycles. The number of rotatable bonds is 9. The first-order valence-electron chi connectivity index (χ1n) is 7.23. The summed E-state index contributed by atoms with van der Waals surface area (Å²) in [6.07, 6.45) is 7.27. The first-order chi connectivity index (χ1) is 10.3. The summed E-state index contributed by atoms with van der Waals surface area (Å²) in [6.45, 7) is 2.37. The third-order valence-corrected chi connectivity index (χ3v) is 3.08. The van der Waals surface area contributed by atoms with Gasteiger partial charge in [0.15, 0.2) is 0 Å². The summed E-state index contributed by atoms with van der Waals surface area (Å²) in [5.74, 6) is 0.918. The average Bonchev–Trinajstić information content (AvgIpc) is 3.03. The number of aryl methyl sites for hydroxylation is 1. The lowest BCUT2D eigenvalue weighted by Crippen LogP contribution is -2.27. The van der Waals surface area contributed by atoms with Crippen LogP contribution < -0.4 is 10.6 Å². The molecule has 0 aromatic carbocycles. The molecule has 0 radical (unpaired) electrons. The Kier molecular flexibility index (Phi) is 6.48. The summed E-state index contributed by atoms with van der Waals surface area (Å²) in [7, 11) is 0. The normalized spacial score (nSPS) is 10.5. The minimum atomic E-state index is 0.0682. The highest BCUT2D eigenvalue weighted by Crippen LogP contribution is 2.03. The maximum atomic E-state index is 11.6. The monoisotopic (exact) mass is 287 g/mol. The molecule has 5 nitrogen and oxygen atoms in total. The zero-order valence-corrected chi connectivity index (χ0v) is 12.0.